The predicted molar refractivity (Wildman–Crippen MR) is 138 cm³/mol. The Kier molecular flexibility index (Phi) is 10.1. The largest absolute Gasteiger partial charge is 0.354 e. The number of hydrogen-bond donors (Lipinski definition) is 1. The lowest BCUT2D eigenvalue weighted by molar-refractivity contribution is -0.139. The predicted octanol–water partition coefficient (Wildman–Crippen LogP) is 4.66. The summed E-state index contributed by atoms with van der Waals surface area (Å²) in [6.07, 6.45) is 1.70. The van der Waals surface area contributed by atoms with Crippen molar-refractivity contribution in [2.75, 3.05) is 23.7 Å². The summed E-state index contributed by atoms with van der Waals surface area (Å²) in [5.41, 5.74) is 1.87. The van der Waals surface area contributed by atoms with Crippen LogP contribution in [0.3, 0.4) is 0 Å². The summed E-state index contributed by atoms with van der Waals surface area (Å²) in [5.74, 6) is -0.909. The second-order valence-corrected chi connectivity index (χ2v) is 11.1. The maximum atomic E-state index is 13.5. The molecule has 0 bridgehead atoms. The average molecular weight is 549 g/mol. The van der Waals surface area contributed by atoms with Crippen molar-refractivity contribution >= 4 is 62.3 Å². The molecule has 0 aliphatic rings. The molecule has 11 heteroatoms. The molecule has 0 saturated heterocycles. The normalized spacial score (nSPS) is 12.2. The van der Waals surface area contributed by atoms with E-state index in [2.05, 4.69) is 5.32 Å². The number of anilines is 1. The van der Waals surface area contributed by atoms with Crippen molar-refractivity contribution < 1.29 is 18.0 Å². The van der Waals surface area contributed by atoms with Crippen LogP contribution in [0.15, 0.2) is 36.4 Å². The summed E-state index contributed by atoms with van der Waals surface area (Å²) in [6, 6.07) is 9.28. The van der Waals surface area contributed by atoms with Crippen LogP contribution in [0.25, 0.3) is 0 Å². The number of rotatable bonds is 10. The zero-order chi connectivity index (χ0) is 25.6. The van der Waals surface area contributed by atoms with Gasteiger partial charge in [0.1, 0.15) is 12.6 Å². The second-order valence-electron chi connectivity index (χ2n) is 7.96. The van der Waals surface area contributed by atoms with Gasteiger partial charge in [-0.1, -0.05) is 71.6 Å². The second kappa shape index (κ2) is 12.1. The molecule has 1 unspecified atom stereocenters. The molecule has 1 atom stereocenters. The van der Waals surface area contributed by atoms with Crippen molar-refractivity contribution in [2.24, 2.45) is 0 Å². The zero-order valence-electron chi connectivity index (χ0n) is 19.4. The van der Waals surface area contributed by atoms with E-state index in [9.17, 15) is 18.0 Å². The van der Waals surface area contributed by atoms with Gasteiger partial charge in [0.05, 0.1) is 27.0 Å². The van der Waals surface area contributed by atoms with Crippen molar-refractivity contribution in [1.82, 2.24) is 10.2 Å². The lowest BCUT2D eigenvalue weighted by atomic mass is 10.1. The van der Waals surface area contributed by atoms with Crippen LogP contribution in [-0.4, -0.2) is 50.5 Å². The molecule has 34 heavy (non-hydrogen) atoms. The fraction of sp³-hybridized carbons (Fsp3) is 0.391. The van der Waals surface area contributed by atoms with Gasteiger partial charge in [-0.15, -0.1) is 0 Å². The van der Waals surface area contributed by atoms with Gasteiger partial charge in [-0.2, -0.15) is 0 Å². The van der Waals surface area contributed by atoms with Crippen LogP contribution >= 0.6 is 34.8 Å². The Morgan fingerprint density at radius 1 is 1.03 bits per heavy atom. The van der Waals surface area contributed by atoms with Gasteiger partial charge in [0.25, 0.3) is 0 Å². The third-order valence-electron chi connectivity index (χ3n) is 5.13. The molecule has 0 spiro atoms. The summed E-state index contributed by atoms with van der Waals surface area (Å²) >= 11 is 18.3. The molecule has 0 heterocycles. The van der Waals surface area contributed by atoms with Crippen molar-refractivity contribution in [2.45, 2.75) is 39.8 Å². The van der Waals surface area contributed by atoms with Crippen molar-refractivity contribution in [3.8, 4) is 0 Å². The lowest BCUT2D eigenvalue weighted by Gasteiger charge is -2.31. The molecule has 0 aromatic heterocycles. The van der Waals surface area contributed by atoms with Gasteiger partial charge in [0.2, 0.25) is 21.8 Å². The van der Waals surface area contributed by atoms with E-state index in [4.69, 9.17) is 34.8 Å². The highest BCUT2D eigenvalue weighted by atomic mass is 35.5. The monoisotopic (exact) mass is 547 g/mol. The number of hydrogen-bond acceptors (Lipinski definition) is 4. The van der Waals surface area contributed by atoms with Gasteiger partial charge < -0.3 is 10.2 Å². The Balaban J connectivity index is 2.43. The number of amides is 2. The molecule has 0 fully saturated rings. The van der Waals surface area contributed by atoms with Crippen LogP contribution in [0.5, 0.6) is 0 Å². The summed E-state index contributed by atoms with van der Waals surface area (Å²) in [6.45, 7) is 5.47. The Bertz CT molecular complexity index is 1140. The number of benzene rings is 2. The minimum absolute atomic E-state index is 0.0188. The Morgan fingerprint density at radius 3 is 2.18 bits per heavy atom. The topological polar surface area (TPSA) is 86.8 Å². The maximum absolute atomic E-state index is 13.5. The van der Waals surface area contributed by atoms with E-state index in [1.54, 1.807) is 6.92 Å². The van der Waals surface area contributed by atoms with Crippen LogP contribution in [0, 0.1) is 6.92 Å². The van der Waals surface area contributed by atoms with E-state index in [-0.39, 0.29) is 33.2 Å². The van der Waals surface area contributed by atoms with Crippen LogP contribution < -0.4 is 9.62 Å². The van der Waals surface area contributed by atoms with E-state index >= 15 is 0 Å². The molecular weight excluding hydrogens is 521 g/mol. The van der Waals surface area contributed by atoms with Gasteiger partial charge in [0.15, 0.2) is 0 Å². The first kappa shape index (κ1) is 28.2. The fourth-order valence-electron chi connectivity index (χ4n) is 3.17. The van der Waals surface area contributed by atoms with Gasteiger partial charge >= 0.3 is 0 Å². The smallest absolute Gasteiger partial charge is 0.244 e. The average Bonchev–Trinajstić information content (AvgIpc) is 2.76. The minimum atomic E-state index is -3.94. The number of nitrogens with one attached hydrogen (secondary N) is 1. The highest BCUT2D eigenvalue weighted by molar-refractivity contribution is 7.92. The summed E-state index contributed by atoms with van der Waals surface area (Å²) < 4.78 is 26.1. The molecule has 7 nitrogen and oxygen atoms in total. The Hall–Kier alpha value is -2.00. The molecule has 0 aliphatic carbocycles. The third-order valence-corrected chi connectivity index (χ3v) is 7.28. The number of carbonyl (C=O) groups is 2. The molecule has 0 saturated carbocycles. The van der Waals surface area contributed by atoms with E-state index in [1.807, 2.05) is 38.1 Å². The Morgan fingerprint density at radius 2 is 1.62 bits per heavy atom. The summed E-state index contributed by atoms with van der Waals surface area (Å²) in [4.78, 5) is 27.5. The highest BCUT2D eigenvalue weighted by Gasteiger charge is 2.31. The molecule has 2 aromatic rings. The number of halogens is 3. The molecule has 1 N–H and O–H groups in total. The molecule has 0 aliphatic heterocycles. The van der Waals surface area contributed by atoms with Crippen molar-refractivity contribution in [3.63, 3.8) is 0 Å². The van der Waals surface area contributed by atoms with E-state index in [0.717, 1.165) is 28.1 Å². The quantitative estimate of drug-likeness (QED) is 0.437. The van der Waals surface area contributed by atoms with Crippen molar-refractivity contribution in [3.05, 3.63) is 62.6 Å². The van der Waals surface area contributed by atoms with Crippen LogP contribution in [-0.2, 0) is 26.2 Å². The number of sulfonamides is 1. The Labute approximate surface area is 216 Å². The van der Waals surface area contributed by atoms with Gasteiger partial charge in [-0.25, -0.2) is 8.42 Å². The minimum Gasteiger partial charge on any atom is -0.354 e. The molecule has 2 amide bonds. The number of aryl methyl sites for hydroxylation is 1. The highest BCUT2D eigenvalue weighted by Crippen LogP contribution is 2.35. The van der Waals surface area contributed by atoms with Gasteiger partial charge in [0, 0.05) is 13.1 Å². The first-order valence-electron chi connectivity index (χ1n) is 10.6. The van der Waals surface area contributed by atoms with Gasteiger partial charge in [-0.05, 0) is 38.0 Å². The van der Waals surface area contributed by atoms with Crippen LogP contribution in [0.4, 0.5) is 5.69 Å². The molecule has 2 aromatic carbocycles. The first-order valence-corrected chi connectivity index (χ1v) is 13.6. The van der Waals surface area contributed by atoms with Gasteiger partial charge in [-0.3, -0.25) is 13.9 Å². The molecule has 2 rings (SSSR count). The van der Waals surface area contributed by atoms with Crippen LogP contribution in [0.1, 0.15) is 31.4 Å². The molecular formula is C23H28Cl3N3O4S. The molecule has 0 radical (unpaired) electrons. The van der Waals surface area contributed by atoms with Crippen LogP contribution in [0.2, 0.25) is 15.1 Å². The SMILES string of the molecule is CCCNC(=O)C(C)N(Cc1ccc(C)cc1)C(=O)CN(c1cc(Cl)c(Cl)cc1Cl)S(C)(=O)=O. The zero-order valence-corrected chi connectivity index (χ0v) is 22.5. The standard InChI is InChI=1S/C23H28Cl3N3O4S/c1-5-10-27-23(31)16(3)28(13-17-8-6-15(2)7-9-17)22(30)14-29(34(4,32)33)21-12-19(25)18(24)11-20(21)26/h6-9,11-12,16H,5,10,13-14H2,1-4H3,(H,27,31). The lowest BCUT2D eigenvalue weighted by Crippen LogP contribution is -2.51. The number of carbonyl (C=O) groups excluding carboxylic acids is 2. The third kappa shape index (κ3) is 7.50. The van der Waals surface area contributed by atoms with E-state index in [0.29, 0.717) is 6.54 Å². The van der Waals surface area contributed by atoms with Crippen molar-refractivity contribution in [1.29, 1.82) is 0 Å². The summed E-state index contributed by atoms with van der Waals surface area (Å²) in [7, 11) is -3.94. The first-order chi connectivity index (χ1) is 15.8. The fourth-order valence-corrected chi connectivity index (χ4v) is 4.71. The molecule has 186 valence electrons. The summed E-state index contributed by atoms with van der Waals surface area (Å²) in [5, 5.41) is 3.04. The van der Waals surface area contributed by atoms with E-state index in [1.165, 1.54) is 17.0 Å². The maximum Gasteiger partial charge on any atom is 0.244 e. The number of nitrogens with zero attached hydrogens (tertiary/aromatic N) is 2. The van der Waals surface area contributed by atoms with E-state index < -0.39 is 28.5 Å².